The maximum atomic E-state index is 9.06. The van der Waals surface area contributed by atoms with Crippen LogP contribution in [0.1, 0.15) is 11.1 Å². The SMILES string of the molecule is Cc1ccc(Nc2cnccc2C#N)cc1N(C)C. The van der Waals surface area contributed by atoms with Gasteiger partial charge in [-0.05, 0) is 30.7 Å². The van der Waals surface area contributed by atoms with Crippen molar-refractivity contribution in [1.29, 1.82) is 5.26 Å². The molecule has 1 aromatic carbocycles. The Labute approximate surface area is 113 Å². The van der Waals surface area contributed by atoms with Crippen molar-refractivity contribution in [3.05, 3.63) is 47.8 Å². The summed E-state index contributed by atoms with van der Waals surface area (Å²) in [6, 6.07) is 9.96. The van der Waals surface area contributed by atoms with Crippen LogP contribution in [0.4, 0.5) is 17.1 Å². The second-order valence-electron chi connectivity index (χ2n) is 4.55. The number of nitrogens with one attached hydrogen (secondary N) is 1. The summed E-state index contributed by atoms with van der Waals surface area (Å²) in [6.45, 7) is 2.07. The van der Waals surface area contributed by atoms with Crippen LogP contribution >= 0.6 is 0 Å². The molecule has 2 aromatic rings. The summed E-state index contributed by atoms with van der Waals surface area (Å²) in [7, 11) is 4.02. The van der Waals surface area contributed by atoms with E-state index in [1.165, 1.54) is 5.56 Å². The van der Waals surface area contributed by atoms with Crippen molar-refractivity contribution in [3.63, 3.8) is 0 Å². The lowest BCUT2D eigenvalue weighted by molar-refractivity contribution is 1.11. The second-order valence-corrected chi connectivity index (χ2v) is 4.55. The third kappa shape index (κ3) is 2.83. The predicted molar refractivity (Wildman–Crippen MR) is 77.7 cm³/mol. The standard InChI is InChI=1S/C15H16N4/c1-11-4-5-13(8-15(11)19(2)3)18-14-10-17-7-6-12(14)9-16/h4-8,10,18H,1-3H3. The van der Waals surface area contributed by atoms with Crippen molar-refractivity contribution in [3.8, 4) is 6.07 Å². The molecule has 0 unspecified atom stereocenters. The first-order valence-corrected chi connectivity index (χ1v) is 6.01. The highest BCUT2D eigenvalue weighted by atomic mass is 15.1. The second kappa shape index (κ2) is 5.40. The number of benzene rings is 1. The lowest BCUT2D eigenvalue weighted by Gasteiger charge is -2.17. The number of anilines is 3. The van der Waals surface area contributed by atoms with E-state index in [1.54, 1.807) is 18.5 Å². The molecular formula is C15H16N4. The molecule has 1 heterocycles. The molecule has 0 aliphatic heterocycles. The van der Waals surface area contributed by atoms with Gasteiger partial charge in [0.05, 0.1) is 17.4 Å². The van der Waals surface area contributed by atoms with E-state index in [0.717, 1.165) is 17.1 Å². The lowest BCUT2D eigenvalue weighted by Crippen LogP contribution is -2.10. The van der Waals surface area contributed by atoms with Crippen LogP contribution in [0.2, 0.25) is 0 Å². The van der Waals surface area contributed by atoms with Gasteiger partial charge in [0.15, 0.2) is 0 Å². The van der Waals surface area contributed by atoms with E-state index in [2.05, 4.69) is 40.3 Å². The minimum absolute atomic E-state index is 0.585. The van der Waals surface area contributed by atoms with Crippen LogP contribution in [0.3, 0.4) is 0 Å². The molecule has 4 nitrogen and oxygen atoms in total. The monoisotopic (exact) mass is 252 g/mol. The third-order valence-corrected chi connectivity index (χ3v) is 2.91. The smallest absolute Gasteiger partial charge is 0.101 e. The van der Waals surface area contributed by atoms with Crippen molar-refractivity contribution >= 4 is 17.1 Å². The molecule has 1 N–H and O–H groups in total. The molecule has 0 spiro atoms. The largest absolute Gasteiger partial charge is 0.377 e. The molecule has 0 amide bonds. The zero-order valence-corrected chi connectivity index (χ0v) is 11.3. The summed E-state index contributed by atoms with van der Waals surface area (Å²) in [5.41, 5.74) is 4.61. The molecule has 96 valence electrons. The molecule has 4 heteroatoms. The number of hydrogen-bond acceptors (Lipinski definition) is 4. The van der Waals surface area contributed by atoms with E-state index in [1.807, 2.05) is 20.2 Å². The van der Waals surface area contributed by atoms with Gasteiger partial charge in [0.2, 0.25) is 0 Å². The van der Waals surface area contributed by atoms with Gasteiger partial charge in [0, 0.05) is 31.7 Å². The average molecular weight is 252 g/mol. The van der Waals surface area contributed by atoms with Gasteiger partial charge in [0.1, 0.15) is 6.07 Å². The molecule has 0 aliphatic rings. The molecule has 0 aliphatic carbocycles. The normalized spacial score (nSPS) is 9.79. The van der Waals surface area contributed by atoms with Crippen molar-refractivity contribution < 1.29 is 0 Å². The molecule has 2 rings (SSSR count). The van der Waals surface area contributed by atoms with Crippen LogP contribution in [0.25, 0.3) is 0 Å². The zero-order valence-electron chi connectivity index (χ0n) is 11.3. The zero-order chi connectivity index (χ0) is 13.8. The van der Waals surface area contributed by atoms with Crippen molar-refractivity contribution in [2.45, 2.75) is 6.92 Å². The number of nitriles is 1. The Balaban J connectivity index is 2.34. The quantitative estimate of drug-likeness (QED) is 0.912. The number of rotatable bonds is 3. The number of aryl methyl sites for hydroxylation is 1. The van der Waals surface area contributed by atoms with E-state index in [4.69, 9.17) is 5.26 Å². The Hall–Kier alpha value is -2.54. The molecule has 0 saturated heterocycles. The minimum Gasteiger partial charge on any atom is -0.377 e. The van der Waals surface area contributed by atoms with Gasteiger partial charge in [0.25, 0.3) is 0 Å². The van der Waals surface area contributed by atoms with Crippen LogP contribution in [0.5, 0.6) is 0 Å². The molecule has 19 heavy (non-hydrogen) atoms. The lowest BCUT2D eigenvalue weighted by atomic mass is 10.1. The van der Waals surface area contributed by atoms with Crippen molar-refractivity contribution in [2.75, 3.05) is 24.3 Å². The fourth-order valence-corrected chi connectivity index (χ4v) is 1.92. The number of nitrogens with zero attached hydrogens (tertiary/aromatic N) is 3. The van der Waals surface area contributed by atoms with E-state index < -0.39 is 0 Å². The summed E-state index contributed by atoms with van der Waals surface area (Å²) in [5.74, 6) is 0. The molecule has 0 fully saturated rings. The molecule has 0 radical (unpaired) electrons. The average Bonchev–Trinajstić information content (AvgIpc) is 2.41. The van der Waals surface area contributed by atoms with E-state index in [-0.39, 0.29) is 0 Å². The first kappa shape index (κ1) is 12.9. The fraction of sp³-hybridized carbons (Fsp3) is 0.200. The first-order valence-electron chi connectivity index (χ1n) is 6.01. The summed E-state index contributed by atoms with van der Waals surface area (Å²) in [4.78, 5) is 6.10. The highest BCUT2D eigenvalue weighted by molar-refractivity contribution is 5.70. The highest BCUT2D eigenvalue weighted by Crippen LogP contribution is 2.25. The van der Waals surface area contributed by atoms with E-state index >= 15 is 0 Å². The van der Waals surface area contributed by atoms with Crippen LogP contribution in [0, 0.1) is 18.3 Å². The van der Waals surface area contributed by atoms with Gasteiger partial charge in [-0.25, -0.2) is 0 Å². The Kier molecular flexibility index (Phi) is 3.67. The predicted octanol–water partition coefficient (Wildman–Crippen LogP) is 3.07. The molecule has 0 saturated carbocycles. The van der Waals surface area contributed by atoms with Crippen LogP contribution in [0.15, 0.2) is 36.7 Å². The summed E-state index contributed by atoms with van der Waals surface area (Å²) in [6.07, 6.45) is 3.28. The number of pyridine rings is 1. The van der Waals surface area contributed by atoms with Crippen molar-refractivity contribution in [1.82, 2.24) is 4.98 Å². The van der Waals surface area contributed by atoms with Gasteiger partial charge in [-0.15, -0.1) is 0 Å². The number of hydrogen-bond donors (Lipinski definition) is 1. The molecule has 1 aromatic heterocycles. The topological polar surface area (TPSA) is 52.0 Å². The maximum absolute atomic E-state index is 9.06. The van der Waals surface area contributed by atoms with E-state index in [0.29, 0.717) is 5.56 Å². The van der Waals surface area contributed by atoms with E-state index in [9.17, 15) is 0 Å². The molecular weight excluding hydrogens is 236 g/mol. The Morgan fingerprint density at radius 3 is 2.74 bits per heavy atom. The third-order valence-electron chi connectivity index (χ3n) is 2.91. The Morgan fingerprint density at radius 1 is 1.26 bits per heavy atom. The van der Waals surface area contributed by atoms with Crippen LogP contribution in [-0.4, -0.2) is 19.1 Å². The summed E-state index contributed by atoms with van der Waals surface area (Å²) in [5, 5.41) is 12.3. The van der Waals surface area contributed by atoms with Gasteiger partial charge in [-0.3, -0.25) is 4.98 Å². The highest BCUT2D eigenvalue weighted by Gasteiger charge is 2.05. The molecule has 0 atom stereocenters. The van der Waals surface area contributed by atoms with Gasteiger partial charge in [-0.2, -0.15) is 5.26 Å². The van der Waals surface area contributed by atoms with Gasteiger partial charge >= 0.3 is 0 Å². The Morgan fingerprint density at radius 2 is 2.05 bits per heavy atom. The van der Waals surface area contributed by atoms with Gasteiger partial charge < -0.3 is 10.2 Å². The van der Waals surface area contributed by atoms with Gasteiger partial charge in [-0.1, -0.05) is 6.07 Å². The Bertz CT molecular complexity index is 626. The van der Waals surface area contributed by atoms with Crippen LogP contribution in [-0.2, 0) is 0 Å². The fourth-order valence-electron chi connectivity index (χ4n) is 1.92. The van der Waals surface area contributed by atoms with Crippen LogP contribution < -0.4 is 10.2 Å². The maximum Gasteiger partial charge on any atom is 0.101 e. The van der Waals surface area contributed by atoms with Crippen molar-refractivity contribution in [2.24, 2.45) is 0 Å². The summed E-state index contributed by atoms with van der Waals surface area (Å²) >= 11 is 0. The number of aromatic nitrogens is 1. The summed E-state index contributed by atoms with van der Waals surface area (Å²) < 4.78 is 0. The minimum atomic E-state index is 0.585. The first-order chi connectivity index (χ1) is 9.11. The molecule has 0 bridgehead atoms.